The van der Waals surface area contributed by atoms with E-state index in [4.69, 9.17) is 4.52 Å². The van der Waals surface area contributed by atoms with Crippen LogP contribution in [0.2, 0.25) is 0 Å². The first-order chi connectivity index (χ1) is 8.46. The van der Waals surface area contributed by atoms with Crippen LogP contribution in [0, 0.1) is 6.92 Å². The summed E-state index contributed by atoms with van der Waals surface area (Å²) in [5.74, 6) is 0.793. The fraction of sp³-hybridized carbons (Fsp3) is 0.444. The summed E-state index contributed by atoms with van der Waals surface area (Å²) in [5, 5.41) is 9.91. The first-order valence-electron chi connectivity index (χ1n) is 5.24. The summed E-state index contributed by atoms with van der Waals surface area (Å²) in [4.78, 5) is 3.88. The van der Waals surface area contributed by atoms with Crippen LogP contribution in [0.15, 0.2) is 16.9 Å². The average Bonchev–Trinajstić information content (AvgIpc) is 2.88. The number of nitrogens with zero attached hydrogens (tertiary/aromatic N) is 3. The molecule has 0 amide bonds. The van der Waals surface area contributed by atoms with Crippen LogP contribution >= 0.6 is 0 Å². The van der Waals surface area contributed by atoms with E-state index < -0.39 is 16.1 Å². The van der Waals surface area contributed by atoms with Crippen molar-refractivity contribution in [3.63, 3.8) is 0 Å². The van der Waals surface area contributed by atoms with E-state index in [1.807, 2.05) is 0 Å². The SMILES string of the molecule is Cc1cc(CS(=O)(=O)NC(C)c2ncn[nH]2)no1. The molecule has 0 aliphatic rings. The molecule has 0 saturated heterocycles. The Bertz CT molecular complexity index is 604. The van der Waals surface area contributed by atoms with Crippen LogP contribution < -0.4 is 4.72 Å². The van der Waals surface area contributed by atoms with Crippen molar-refractivity contribution in [2.45, 2.75) is 25.6 Å². The van der Waals surface area contributed by atoms with Crippen molar-refractivity contribution >= 4 is 10.0 Å². The Kier molecular flexibility index (Phi) is 3.43. The lowest BCUT2D eigenvalue weighted by molar-refractivity contribution is 0.392. The fourth-order valence-corrected chi connectivity index (χ4v) is 2.73. The molecule has 98 valence electrons. The summed E-state index contributed by atoms with van der Waals surface area (Å²) >= 11 is 0. The minimum absolute atomic E-state index is 0.233. The zero-order valence-electron chi connectivity index (χ0n) is 9.91. The molecular formula is C9H13N5O3S. The van der Waals surface area contributed by atoms with E-state index in [2.05, 4.69) is 25.1 Å². The molecular weight excluding hydrogens is 258 g/mol. The Labute approximate surface area is 104 Å². The van der Waals surface area contributed by atoms with E-state index in [0.717, 1.165) is 0 Å². The van der Waals surface area contributed by atoms with E-state index in [9.17, 15) is 8.42 Å². The van der Waals surface area contributed by atoms with Gasteiger partial charge in [0.2, 0.25) is 10.0 Å². The topological polar surface area (TPSA) is 114 Å². The molecule has 0 fully saturated rings. The third-order valence-corrected chi connectivity index (χ3v) is 3.60. The van der Waals surface area contributed by atoms with E-state index in [1.54, 1.807) is 19.9 Å². The van der Waals surface area contributed by atoms with Crippen molar-refractivity contribution in [3.8, 4) is 0 Å². The molecule has 0 bridgehead atoms. The first kappa shape index (κ1) is 12.7. The van der Waals surface area contributed by atoms with Crippen molar-refractivity contribution in [2.75, 3.05) is 0 Å². The average molecular weight is 271 g/mol. The van der Waals surface area contributed by atoms with Gasteiger partial charge in [0.05, 0.1) is 6.04 Å². The lowest BCUT2D eigenvalue weighted by atomic mass is 10.3. The highest BCUT2D eigenvalue weighted by atomic mass is 32.2. The van der Waals surface area contributed by atoms with Crippen molar-refractivity contribution < 1.29 is 12.9 Å². The van der Waals surface area contributed by atoms with Gasteiger partial charge >= 0.3 is 0 Å². The van der Waals surface area contributed by atoms with Gasteiger partial charge in [0.15, 0.2) is 0 Å². The quantitative estimate of drug-likeness (QED) is 0.807. The van der Waals surface area contributed by atoms with Crippen molar-refractivity contribution in [1.29, 1.82) is 0 Å². The number of sulfonamides is 1. The summed E-state index contributed by atoms with van der Waals surface area (Å²) in [6.07, 6.45) is 1.32. The summed E-state index contributed by atoms with van der Waals surface area (Å²) in [6, 6.07) is 1.10. The molecule has 0 spiro atoms. The smallest absolute Gasteiger partial charge is 0.218 e. The molecule has 2 heterocycles. The second kappa shape index (κ2) is 4.86. The Hall–Kier alpha value is -1.74. The van der Waals surface area contributed by atoms with Crippen molar-refractivity contribution in [2.24, 2.45) is 0 Å². The molecule has 1 atom stereocenters. The normalized spacial score (nSPS) is 13.7. The van der Waals surface area contributed by atoms with Crippen LogP contribution in [0.25, 0.3) is 0 Å². The van der Waals surface area contributed by atoms with Gasteiger partial charge in [-0.3, -0.25) is 5.10 Å². The van der Waals surface area contributed by atoms with Crippen molar-refractivity contribution in [3.05, 3.63) is 29.7 Å². The zero-order chi connectivity index (χ0) is 13.2. The van der Waals surface area contributed by atoms with E-state index in [-0.39, 0.29) is 5.75 Å². The number of aromatic nitrogens is 4. The molecule has 0 aliphatic carbocycles. The third kappa shape index (κ3) is 3.14. The molecule has 9 heteroatoms. The number of aryl methyl sites for hydroxylation is 1. The van der Waals surface area contributed by atoms with Gasteiger partial charge in [-0.15, -0.1) is 0 Å². The van der Waals surface area contributed by atoms with Gasteiger partial charge in [0, 0.05) is 6.07 Å². The Balaban J connectivity index is 2.03. The molecule has 0 aliphatic heterocycles. The summed E-state index contributed by atoms with van der Waals surface area (Å²) in [7, 11) is -3.51. The number of hydrogen-bond acceptors (Lipinski definition) is 6. The van der Waals surface area contributed by atoms with Gasteiger partial charge in [0.1, 0.15) is 29.4 Å². The molecule has 2 aromatic heterocycles. The van der Waals surface area contributed by atoms with Gasteiger partial charge < -0.3 is 4.52 Å². The molecule has 2 rings (SSSR count). The second-order valence-electron chi connectivity index (χ2n) is 3.90. The minimum atomic E-state index is -3.51. The van der Waals surface area contributed by atoms with Gasteiger partial charge in [-0.05, 0) is 13.8 Å². The highest BCUT2D eigenvalue weighted by Gasteiger charge is 2.19. The van der Waals surface area contributed by atoms with Gasteiger partial charge in [-0.2, -0.15) is 5.10 Å². The number of hydrogen-bond donors (Lipinski definition) is 2. The second-order valence-corrected chi connectivity index (χ2v) is 5.65. The number of H-pyrrole nitrogens is 1. The van der Waals surface area contributed by atoms with E-state index >= 15 is 0 Å². The van der Waals surface area contributed by atoms with Crippen LogP contribution in [-0.4, -0.2) is 28.8 Å². The number of rotatable bonds is 5. The van der Waals surface area contributed by atoms with Crippen LogP contribution in [0.3, 0.4) is 0 Å². The van der Waals surface area contributed by atoms with Gasteiger partial charge in [0.25, 0.3) is 0 Å². The van der Waals surface area contributed by atoms with Crippen LogP contribution in [0.4, 0.5) is 0 Å². The molecule has 1 unspecified atom stereocenters. The lowest BCUT2D eigenvalue weighted by Gasteiger charge is -2.10. The molecule has 2 aromatic rings. The highest BCUT2D eigenvalue weighted by molar-refractivity contribution is 7.88. The van der Waals surface area contributed by atoms with E-state index in [1.165, 1.54) is 6.33 Å². The first-order valence-corrected chi connectivity index (χ1v) is 6.89. The molecule has 8 nitrogen and oxygen atoms in total. The highest BCUT2D eigenvalue weighted by Crippen LogP contribution is 2.10. The van der Waals surface area contributed by atoms with Crippen molar-refractivity contribution in [1.82, 2.24) is 25.1 Å². The van der Waals surface area contributed by atoms with Gasteiger partial charge in [-0.25, -0.2) is 18.1 Å². The van der Waals surface area contributed by atoms with Crippen LogP contribution in [-0.2, 0) is 15.8 Å². The fourth-order valence-electron chi connectivity index (χ4n) is 1.47. The Morgan fingerprint density at radius 1 is 1.56 bits per heavy atom. The molecule has 0 radical (unpaired) electrons. The summed E-state index contributed by atoms with van der Waals surface area (Å²) in [6.45, 7) is 3.37. The molecule has 2 N–H and O–H groups in total. The molecule has 0 aromatic carbocycles. The maximum absolute atomic E-state index is 11.9. The van der Waals surface area contributed by atoms with Crippen LogP contribution in [0.1, 0.15) is 30.2 Å². The number of aromatic amines is 1. The number of nitrogens with one attached hydrogen (secondary N) is 2. The van der Waals surface area contributed by atoms with Gasteiger partial charge in [-0.1, -0.05) is 5.16 Å². The largest absolute Gasteiger partial charge is 0.361 e. The van der Waals surface area contributed by atoms with E-state index in [0.29, 0.717) is 17.3 Å². The lowest BCUT2D eigenvalue weighted by Crippen LogP contribution is -2.28. The summed E-state index contributed by atoms with van der Waals surface area (Å²) < 4.78 is 31.0. The molecule has 0 saturated carbocycles. The minimum Gasteiger partial charge on any atom is -0.361 e. The predicted octanol–water partition coefficient (Wildman–Crippen LogP) is 0.282. The maximum atomic E-state index is 11.9. The molecule has 18 heavy (non-hydrogen) atoms. The monoisotopic (exact) mass is 271 g/mol. The third-order valence-electron chi connectivity index (χ3n) is 2.21. The zero-order valence-corrected chi connectivity index (χ0v) is 10.7. The predicted molar refractivity (Wildman–Crippen MR) is 61.8 cm³/mol. The maximum Gasteiger partial charge on any atom is 0.218 e. The Morgan fingerprint density at radius 3 is 2.89 bits per heavy atom. The Morgan fingerprint density at radius 2 is 2.33 bits per heavy atom. The van der Waals surface area contributed by atoms with Crippen LogP contribution in [0.5, 0.6) is 0 Å². The summed E-state index contributed by atoms with van der Waals surface area (Å²) in [5.41, 5.74) is 0.366. The standard InChI is InChI=1S/C9H13N5O3S/c1-6-3-8(13-17-6)4-18(15,16)14-7(2)9-10-5-11-12-9/h3,5,7,14H,4H2,1-2H3,(H,10,11,12).